The number of amides is 2. The van der Waals surface area contributed by atoms with Gasteiger partial charge in [0.25, 0.3) is 5.91 Å². The monoisotopic (exact) mass is 349 g/mol. The fraction of sp³-hybridized carbons (Fsp3) is 0.556. The smallest absolute Gasteiger partial charge is 0.253 e. The number of carbonyl (C=O) groups is 2. The van der Waals surface area contributed by atoms with Gasteiger partial charge < -0.3 is 15.1 Å². The van der Waals surface area contributed by atoms with Crippen molar-refractivity contribution in [3.8, 4) is 0 Å². The number of rotatable bonds is 3. The molecule has 2 aliphatic heterocycles. The zero-order valence-corrected chi connectivity index (χ0v) is 14.6. The molecule has 2 saturated heterocycles. The van der Waals surface area contributed by atoms with Gasteiger partial charge in [0.2, 0.25) is 5.91 Å². The summed E-state index contributed by atoms with van der Waals surface area (Å²) < 4.78 is 0. The summed E-state index contributed by atoms with van der Waals surface area (Å²) in [5.41, 5.74) is 0.648. The molecule has 5 nitrogen and oxygen atoms in total. The maximum absolute atomic E-state index is 12.6. The molecule has 0 bridgehead atoms. The zero-order chi connectivity index (χ0) is 16.9. The van der Waals surface area contributed by atoms with Crippen LogP contribution in [0.4, 0.5) is 0 Å². The van der Waals surface area contributed by atoms with Crippen LogP contribution in [0.2, 0.25) is 5.02 Å². The van der Waals surface area contributed by atoms with E-state index in [1.807, 2.05) is 9.80 Å². The minimum Gasteiger partial charge on any atom is -0.341 e. The Bertz CT molecular complexity index is 584. The highest BCUT2D eigenvalue weighted by Crippen LogP contribution is 2.15. The maximum Gasteiger partial charge on any atom is 0.253 e. The molecule has 1 atom stereocenters. The predicted molar refractivity (Wildman–Crippen MR) is 94.2 cm³/mol. The number of hydrogen-bond donors (Lipinski definition) is 1. The fourth-order valence-corrected chi connectivity index (χ4v) is 3.54. The molecule has 0 saturated carbocycles. The fourth-order valence-electron chi connectivity index (χ4n) is 3.42. The summed E-state index contributed by atoms with van der Waals surface area (Å²) >= 11 is 5.88. The van der Waals surface area contributed by atoms with Crippen molar-refractivity contribution in [1.29, 1.82) is 0 Å². The van der Waals surface area contributed by atoms with Gasteiger partial charge in [0.1, 0.15) is 0 Å². The van der Waals surface area contributed by atoms with E-state index >= 15 is 0 Å². The average Bonchev–Trinajstić information content (AvgIpc) is 2.96. The molecule has 1 aromatic carbocycles. The van der Waals surface area contributed by atoms with Crippen molar-refractivity contribution in [2.45, 2.75) is 31.7 Å². The van der Waals surface area contributed by atoms with Crippen molar-refractivity contribution in [2.24, 2.45) is 0 Å². The van der Waals surface area contributed by atoms with Crippen LogP contribution in [0.5, 0.6) is 0 Å². The number of halogens is 1. The summed E-state index contributed by atoms with van der Waals surface area (Å²) in [6.07, 6.45) is 3.64. The Morgan fingerprint density at radius 3 is 2.46 bits per heavy atom. The maximum atomic E-state index is 12.6. The third-order valence-electron chi connectivity index (χ3n) is 4.81. The van der Waals surface area contributed by atoms with Gasteiger partial charge in [-0.2, -0.15) is 0 Å². The lowest BCUT2D eigenvalue weighted by Gasteiger charge is -2.23. The zero-order valence-electron chi connectivity index (χ0n) is 13.8. The molecule has 3 rings (SSSR count). The molecule has 2 amide bonds. The van der Waals surface area contributed by atoms with E-state index in [1.54, 1.807) is 24.3 Å². The highest BCUT2D eigenvalue weighted by Gasteiger charge is 2.25. The van der Waals surface area contributed by atoms with E-state index in [4.69, 9.17) is 11.6 Å². The predicted octanol–water partition coefficient (Wildman–Crippen LogP) is 2.16. The van der Waals surface area contributed by atoms with Gasteiger partial charge in [0.15, 0.2) is 0 Å². The lowest BCUT2D eigenvalue weighted by Crippen LogP contribution is -2.39. The number of nitrogens with zero attached hydrogens (tertiary/aromatic N) is 2. The lowest BCUT2D eigenvalue weighted by atomic mass is 10.1. The molecule has 130 valence electrons. The van der Waals surface area contributed by atoms with Crippen molar-refractivity contribution in [3.05, 3.63) is 34.9 Å². The van der Waals surface area contributed by atoms with E-state index in [-0.39, 0.29) is 11.8 Å². The molecule has 1 aromatic rings. The standard InChI is InChI=1S/C18H24ClN3O2/c19-15-6-4-14(5-7-15)18(24)22-10-2-9-21(11-12-22)17(23)13-16-3-1-8-20-16/h4-7,16,20H,1-3,8-13H2. The Hall–Kier alpha value is -1.59. The second-order valence-electron chi connectivity index (χ2n) is 6.53. The van der Waals surface area contributed by atoms with Gasteiger partial charge in [0.05, 0.1) is 0 Å². The van der Waals surface area contributed by atoms with Gasteiger partial charge in [-0.1, -0.05) is 11.6 Å². The van der Waals surface area contributed by atoms with Crippen LogP contribution in [0, 0.1) is 0 Å². The van der Waals surface area contributed by atoms with Crippen LogP contribution in [0.25, 0.3) is 0 Å². The molecular formula is C18H24ClN3O2. The van der Waals surface area contributed by atoms with Crippen LogP contribution < -0.4 is 5.32 Å². The molecule has 24 heavy (non-hydrogen) atoms. The van der Waals surface area contributed by atoms with Gasteiger partial charge in [-0.15, -0.1) is 0 Å². The quantitative estimate of drug-likeness (QED) is 0.909. The SMILES string of the molecule is O=C(CC1CCCN1)N1CCCN(C(=O)c2ccc(Cl)cc2)CC1. The first-order valence-electron chi connectivity index (χ1n) is 8.69. The Labute approximate surface area is 147 Å². The number of nitrogens with one attached hydrogen (secondary N) is 1. The molecule has 2 aliphatic rings. The second kappa shape index (κ2) is 7.99. The molecule has 6 heteroatoms. The normalized spacial score (nSPS) is 21.6. The largest absolute Gasteiger partial charge is 0.341 e. The van der Waals surface area contributed by atoms with Gasteiger partial charge in [-0.25, -0.2) is 0 Å². The Kier molecular flexibility index (Phi) is 5.74. The molecular weight excluding hydrogens is 326 g/mol. The van der Waals surface area contributed by atoms with Gasteiger partial charge >= 0.3 is 0 Å². The van der Waals surface area contributed by atoms with Crippen molar-refractivity contribution in [1.82, 2.24) is 15.1 Å². The van der Waals surface area contributed by atoms with E-state index in [0.717, 1.165) is 32.4 Å². The molecule has 2 heterocycles. The molecule has 0 aliphatic carbocycles. The summed E-state index contributed by atoms with van der Waals surface area (Å²) in [7, 11) is 0. The average molecular weight is 350 g/mol. The highest BCUT2D eigenvalue weighted by molar-refractivity contribution is 6.30. The summed E-state index contributed by atoms with van der Waals surface area (Å²) in [5.74, 6) is 0.216. The van der Waals surface area contributed by atoms with E-state index in [9.17, 15) is 9.59 Å². The molecule has 1 N–H and O–H groups in total. The molecule has 0 spiro atoms. The van der Waals surface area contributed by atoms with Crippen LogP contribution in [0.3, 0.4) is 0 Å². The first-order valence-corrected chi connectivity index (χ1v) is 9.07. The minimum absolute atomic E-state index is 0.0124. The lowest BCUT2D eigenvalue weighted by molar-refractivity contribution is -0.131. The van der Waals surface area contributed by atoms with Crippen LogP contribution in [-0.4, -0.2) is 60.4 Å². The topological polar surface area (TPSA) is 52.7 Å². The third kappa shape index (κ3) is 4.28. The molecule has 2 fully saturated rings. The summed E-state index contributed by atoms with van der Waals surface area (Å²) in [4.78, 5) is 28.8. The van der Waals surface area contributed by atoms with Crippen LogP contribution in [-0.2, 0) is 4.79 Å². The van der Waals surface area contributed by atoms with Crippen LogP contribution >= 0.6 is 11.6 Å². The molecule has 0 aromatic heterocycles. The first kappa shape index (κ1) is 17.2. The summed E-state index contributed by atoms with van der Waals surface area (Å²) in [6.45, 7) is 3.64. The van der Waals surface area contributed by atoms with E-state index in [0.29, 0.717) is 42.7 Å². The minimum atomic E-state index is 0.0124. The Morgan fingerprint density at radius 2 is 1.75 bits per heavy atom. The van der Waals surface area contributed by atoms with E-state index < -0.39 is 0 Å². The summed E-state index contributed by atoms with van der Waals surface area (Å²) in [6, 6.07) is 7.30. The second-order valence-corrected chi connectivity index (χ2v) is 6.97. The van der Waals surface area contributed by atoms with Gasteiger partial charge in [-0.05, 0) is 50.1 Å². The third-order valence-corrected chi connectivity index (χ3v) is 5.06. The van der Waals surface area contributed by atoms with E-state index in [2.05, 4.69) is 5.32 Å². The molecule has 1 unspecified atom stereocenters. The Morgan fingerprint density at radius 1 is 1.04 bits per heavy atom. The van der Waals surface area contributed by atoms with Crippen molar-refractivity contribution < 1.29 is 9.59 Å². The van der Waals surface area contributed by atoms with Crippen LogP contribution in [0.15, 0.2) is 24.3 Å². The van der Waals surface area contributed by atoms with Gasteiger partial charge in [-0.3, -0.25) is 9.59 Å². The van der Waals surface area contributed by atoms with Gasteiger partial charge in [0, 0.05) is 49.2 Å². The first-order chi connectivity index (χ1) is 11.6. The summed E-state index contributed by atoms with van der Waals surface area (Å²) in [5, 5.41) is 4.00. The highest BCUT2D eigenvalue weighted by atomic mass is 35.5. The number of carbonyl (C=O) groups excluding carboxylic acids is 2. The van der Waals surface area contributed by atoms with Crippen molar-refractivity contribution in [3.63, 3.8) is 0 Å². The van der Waals surface area contributed by atoms with Crippen LogP contribution in [0.1, 0.15) is 36.0 Å². The Balaban J connectivity index is 1.55. The van der Waals surface area contributed by atoms with E-state index in [1.165, 1.54) is 0 Å². The van der Waals surface area contributed by atoms with Crippen molar-refractivity contribution in [2.75, 3.05) is 32.7 Å². The number of benzene rings is 1. The number of hydrogen-bond acceptors (Lipinski definition) is 3. The molecule has 0 radical (unpaired) electrons. The van der Waals surface area contributed by atoms with Crippen molar-refractivity contribution >= 4 is 23.4 Å².